The van der Waals surface area contributed by atoms with E-state index in [1.54, 1.807) is 14.2 Å². The van der Waals surface area contributed by atoms with E-state index in [0.717, 1.165) is 12.1 Å². The molecular formula is C18H20N2O2S. The molecule has 1 N–H and O–H groups in total. The molecule has 1 aliphatic rings. The zero-order chi connectivity index (χ0) is 16.4. The summed E-state index contributed by atoms with van der Waals surface area (Å²) in [5, 5.41) is 3.99. The largest absolute Gasteiger partial charge is 0.493 e. The molecule has 3 rings (SSSR count). The first-order chi connectivity index (χ1) is 11.1. The lowest BCUT2D eigenvalue weighted by molar-refractivity contribution is 0.355. The third kappa shape index (κ3) is 2.97. The van der Waals surface area contributed by atoms with Crippen LogP contribution in [0.4, 0.5) is 11.4 Å². The Kier molecular flexibility index (Phi) is 4.39. The lowest BCUT2D eigenvalue weighted by Gasteiger charge is -2.26. The van der Waals surface area contributed by atoms with Crippen LogP contribution in [0, 0.1) is 0 Å². The van der Waals surface area contributed by atoms with E-state index in [2.05, 4.69) is 35.3 Å². The number of nitrogens with one attached hydrogen (secondary N) is 1. The first kappa shape index (κ1) is 15.6. The fourth-order valence-electron chi connectivity index (χ4n) is 2.97. The summed E-state index contributed by atoms with van der Waals surface area (Å²) in [7, 11) is 3.25. The Morgan fingerprint density at radius 2 is 1.87 bits per heavy atom. The Bertz CT molecular complexity index is 733. The van der Waals surface area contributed by atoms with Crippen LogP contribution in [0.1, 0.15) is 12.5 Å². The number of thiocarbonyl (C=S) groups is 1. The normalized spacial score (nSPS) is 16.0. The maximum atomic E-state index is 5.63. The zero-order valence-electron chi connectivity index (χ0n) is 13.5. The molecule has 1 heterocycles. The second-order valence-electron chi connectivity index (χ2n) is 5.55. The summed E-state index contributed by atoms with van der Waals surface area (Å²) in [6, 6.07) is 14.4. The van der Waals surface area contributed by atoms with Crippen molar-refractivity contribution in [3.8, 4) is 11.5 Å². The number of para-hydroxylation sites is 1. The summed E-state index contributed by atoms with van der Waals surface area (Å²) in [4.78, 5) is 2.17. The van der Waals surface area contributed by atoms with Gasteiger partial charge in [0.05, 0.1) is 14.2 Å². The first-order valence-electron chi connectivity index (χ1n) is 7.54. The Balaban J connectivity index is 1.82. The summed E-state index contributed by atoms with van der Waals surface area (Å²) in [6.45, 7) is 2.18. The van der Waals surface area contributed by atoms with Crippen molar-refractivity contribution in [1.29, 1.82) is 0 Å². The molecule has 1 aliphatic heterocycles. The minimum absolute atomic E-state index is 0.340. The lowest BCUT2D eigenvalue weighted by atomic mass is 10.1. The highest BCUT2D eigenvalue weighted by atomic mass is 32.1. The van der Waals surface area contributed by atoms with Crippen molar-refractivity contribution in [2.75, 3.05) is 24.4 Å². The van der Waals surface area contributed by atoms with Crippen molar-refractivity contribution in [1.82, 2.24) is 0 Å². The number of ether oxygens (including phenoxy) is 2. The SMILES string of the molecule is COc1ccc(NC(=S)N2c3ccccc3C[C@H]2C)cc1OC. The molecule has 0 unspecified atom stereocenters. The number of anilines is 2. The van der Waals surface area contributed by atoms with Gasteiger partial charge in [0, 0.05) is 23.5 Å². The van der Waals surface area contributed by atoms with Crippen LogP contribution in [0.3, 0.4) is 0 Å². The van der Waals surface area contributed by atoms with E-state index < -0.39 is 0 Å². The van der Waals surface area contributed by atoms with Gasteiger partial charge in [-0.3, -0.25) is 0 Å². The average Bonchev–Trinajstić information content (AvgIpc) is 2.90. The summed E-state index contributed by atoms with van der Waals surface area (Å²) in [5.74, 6) is 1.37. The van der Waals surface area contributed by atoms with E-state index in [4.69, 9.17) is 21.7 Å². The number of methoxy groups -OCH3 is 2. The molecule has 1 atom stereocenters. The predicted molar refractivity (Wildman–Crippen MR) is 97.9 cm³/mol. The molecule has 2 aromatic carbocycles. The molecule has 0 aliphatic carbocycles. The van der Waals surface area contributed by atoms with E-state index in [1.807, 2.05) is 24.3 Å². The first-order valence-corrected chi connectivity index (χ1v) is 7.95. The van der Waals surface area contributed by atoms with E-state index in [0.29, 0.717) is 22.7 Å². The predicted octanol–water partition coefficient (Wildman–Crippen LogP) is 3.85. The van der Waals surface area contributed by atoms with Gasteiger partial charge in [0.1, 0.15) is 0 Å². The highest BCUT2D eigenvalue weighted by Gasteiger charge is 2.28. The van der Waals surface area contributed by atoms with Crippen LogP contribution >= 0.6 is 12.2 Å². The summed E-state index contributed by atoms with van der Waals surface area (Å²) in [6.07, 6.45) is 1.00. The zero-order valence-corrected chi connectivity index (χ0v) is 14.3. The van der Waals surface area contributed by atoms with Crippen molar-refractivity contribution in [3.05, 3.63) is 48.0 Å². The Morgan fingerprint density at radius 3 is 2.61 bits per heavy atom. The van der Waals surface area contributed by atoms with Crippen molar-refractivity contribution in [3.63, 3.8) is 0 Å². The van der Waals surface area contributed by atoms with Gasteiger partial charge in [0.2, 0.25) is 0 Å². The van der Waals surface area contributed by atoms with Gasteiger partial charge in [-0.05, 0) is 49.3 Å². The molecule has 2 aromatic rings. The highest BCUT2D eigenvalue weighted by molar-refractivity contribution is 7.80. The molecule has 0 saturated heterocycles. The molecule has 0 amide bonds. The maximum absolute atomic E-state index is 5.63. The van der Waals surface area contributed by atoms with Crippen LogP contribution in [0.5, 0.6) is 11.5 Å². The second-order valence-corrected chi connectivity index (χ2v) is 5.94. The van der Waals surface area contributed by atoms with Crippen LogP contribution < -0.4 is 19.7 Å². The van der Waals surface area contributed by atoms with E-state index >= 15 is 0 Å². The summed E-state index contributed by atoms with van der Waals surface area (Å²) in [5.41, 5.74) is 3.39. The smallest absolute Gasteiger partial charge is 0.178 e. The monoisotopic (exact) mass is 328 g/mol. The van der Waals surface area contributed by atoms with Gasteiger partial charge >= 0.3 is 0 Å². The minimum Gasteiger partial charge on any atom is -0.493 e. The van der Waals surface area contributed by atoms with Gasteiger partial charge in [0.25, 0.3) is 0 Å². The van der Waals surface area contributed by atoms with Gasteiger partial charge in [-0.1, -0.05) is 18.2 Å². The van der Waals surface area contributed by atoms with Crippen molar-refractivity contribution >= 4 is 28.7 Å². The molecule has 0 radical (unpaired) electrons. The van der Waals surface area contributed by atoms with Crippen molar-refractivity contribution in [2.24, 2.45) is 0 Å². The van der Waals surface area contributed by atoms with Gasteiger partial charge in [-0.15, -0.1) is 0 Å². The van der Waals surface area contributed by atoms with Crippen LogP contribution in [-0.4, -0.2) is 25.4 Å². The standard InChI is InChI=1S/C18H20N2O2S/c1-12-10-13-6-4-5-7-15(13)20(12)18(23)19-14-8-9-16(21-2)17(11-14)22-3/h4-9,11-12H,10H2,1-3H3,(H,19,23)/t12-/m1/s1. The van der Waals surface area contributed by atoms with Crippen LogP contribution in [0.2, 0.25) is 0 Å². The Labute approximate surface area is 142 Å². The Morgan fingerprint density at radius 1 is 1.13 bits per heavy atom. The highest BCUT2D eigenvalue weighted by Crippen LogP contribution is 2.33. The summed E-state index contributed by atoms with van der Waals surface area (Å²) < 4.78 is 10.6. The van der Waals surface area contributed by atoms with E-state index in [1.165, 1.54) is 11.3 Å². The molecule has 0 spiro atoms. The van der Waals surface area contributed by atoms with Crippen molar-refractivity contribution in [2.45, 2.75) is 19.4 Å². The molecule has 23 heavy (non-hydrogen) atoms. The van der Waals surface area contributed by atoms with Crippen LogP contribution in [-0.2, 0) is 6.42 Å². The minimum atomic E-state index is 0.340. The quantitative estimate of drug-likeness (QED) is 0.866. The lowest BCUT2D eigenvalue weighted by Crippen LogP contribution is -2.38. The number of nitrogens with zero attached hydrogens (tertiary/aromatic N) is 1. The molecule has 5 heteroatoms. The third-order valence-corrected chi connectivity index (χ3v) is 4.36. The van der Waals surface area contributed by atoms with E-state index in [9.17, 15) is 0 Å². The average molecular weight is 328 g/mol. The van der Waals surface area contributed by atoms with Crippen LogP contribution in [0.15, 0.2) is 42.5 Å². The molecule has 0 aromatic heterocycles. The maximum Gasteiger partial charge on any atom is 0.178 e. The van der Waals surface area contributed by atoms with E-state index in [-0.39, 0.29) is 0 Å². The van der Waals surface area contributed by atoms with Gasteiger partial charge < -0.3 is 19.7 Å². The molecule has 0 fully saturated rings. The second kappa shape index (κ2) is 6.46. The van der Waals surface area contributed by atoms with Gasteiger partial charge in [0.15, 0.2) is 16.6 Å². The van der Waals surface area contributed by atoms with Crippen molar-refractivity contribution < 1.29 is 9.47 Å². The topological polar surface area (TPSA) is 33.7 Å². The third-order valence-electron chi connectivity index (χ3n) is 4.06. The van der Waals surface area contributed by atoms with Gasteiger partial charge in [-0.25, -0.2) is 0 Å². The molecule has 0 saturated carbocycles. The molecule has 4 nitrogen and oxygen atoms in total. The van der Waals surface area contributed by atoms with Gasteiger partial charge in [-0.2, -0.15) is 0 Å². The Hall–Kier alpha value is -2.27. The number of rotatable bonds is 3. The molecule has 0 bridgehead atoms. The molecule has 120 valence electrons. The number of hydrogen-bond acceptors (Lipinski definition) is 3. The fraction of sp³-hybridized carbons (Fsp3) is 0.278. The summed E-state index contributed by atoms with van der Waals surface area (Å²) >= 11 is 5.63. The number of fused-ring (bicyclic) bond motifs is 1. The molecular weight excluding hydrogens is 308 g/mol. The number of hydrogen-bond donors (Lipinski definition) is 1. The number of benzene rings is 2. The fourth-order valence-corrected chi connectivity index (χ4v) is 3.37. The van der Waals surface area contributed by atoms with Crippen LogP contribution in [0.25, 0.3) is 0 Å².